The molecule has 3 amide bonds. The minimum Gasteiger partial charge on any atom is -0.453 e. The van der Waals surface area contributed by atoms with Gasteiger partial charge in [0.2, 0.25) is 18.2 Å². The van der Waals surface area contributed by atoms with Gasteiger partial charge in [-0.25, -0.2) is 14.8 Å². The fraction of sp³-hybridized carbons (Fsp3) is 0.375. The Kier molecular flexibility index (Phi) is 9.88. The summed E-state index contributed by atoms with van der Waals surface area (Å²) in [6.45, 7) is 0.580. The predicted molar refractivity (Wildman–Crippen MR) is 199 cm³/mol. The molecule has 3 aliphatic rings. The lowest BCUT2D eigenvalue weighted by Gasteiger charge is -2.37. The number of carbonyl (C=O) groups excluding carboxylic acids is 3. The molecule has 280 valence electrons. The first kappa shape index (κ1) is 35.5. The molecular weight excluding hydrogens is 688 g/mol. The van der Waals surface area contributed by atoms with Crippen LogP contribution in [0.5, 0.6) is 0 Å². The monoisotopic (exact) mass is 732 g/mol. The third kappa shape index (κ3) is 6.83. The van der Waals surface area contributed by atoms with Crippen LogP contribution in [0.1, 0.15) is 73.9 Å². The number of hydrogen-bond donors (Lipinski definition) is 5. The first-order chi connectivity index (χ1) is 26.3. The summed E-state index contributed by atoms with van der Waals surface area (Å²) < 4.78 is 9.75. The predicted octanol–water partition coefficient (Wildman–Crippen LogP) is 5.09. The Morgan fingerprint density at radius 1 is 0.889 bits per heavy atom. The van der Waals surface area contributed by atoms with Gasteiger partial charge in [-0.3, -0.25) is 14.9 Å². The summed E-state index contributed by atoms with van der Waals surface area (Å²) in [4.78, 5) is 59.5. The van der Waals surface area contributed by atoms with Crippen molar-refractivity contribution in [3.63, 3.8) is 0 Å². The Hall–Kier alpha value is -5.57. The zero-order valence-electron chi connectivity index (χ0n) is 30.2. The molecule has 0 bridgehead atoms. The van der Waals surface area contributed by atoms with Crippen molar-refractivity contribution in [3.05, 3.63) is 96.2 Å². The summed E-state index contributed by atoms with van der Waals surface area (Å²) in [5.41, 5.74) is 6.32. The van der Waals surface area contributed by atoms with Crippen molar-refractivity contribution in [1.82, 2.24) is 40.4 Å². The van der Waals surface area contributed by atoms with Crippen molar-refractivity contribution in [2.45, 2.75) is 75.1 Å². The van der Waals surface area contributed by atoms with E-state index >= 15 is 0 Å². The molecule has 6 unspecified atom stereocenters. The largest absolute Gasteiger partial charge is 0.453 e. The Morgan fingerprint density at radius 2 is 1.65 bits per heavy atom. The third-order valence-electron chi connectivity index (χ3n) is 11.0. The van der Waals surface area contributed by atoms with E-state index in [0.29, 0.717) is 13.0 Å². The maximum absolute atomic E-state index is 14.0. The van der Waals surface area contributed by atoms with Crippen LogP contribution >= 0.6 is 0 Å². The van der Waals surface area contributed by atoms with E-state index in [1.807, 2.05) is 58.5 Å². The number of nitrogens with zero attached hydrogens (tertiary/aromatic N) is 4. The Bertz CT molecular complexity index is 2130. The lowest BCUT2D eigenvalue weighted by Crippen LogP contribution is -2.54. The van der Waals surface area contributed by atoms with Crippen molar-refractivity contribution >= 4 is 28.9 Å². The molecule has 14 heteroatoms. The molecule has 0 spiro atoms. The molecule has 2 aromatic heterocycles. The molecular formula is C40H44N8O6. The number of aromatic nitrogens is 4. The number of amides is 3. The van der Waals surface area contributed by atoms with E-state index < -0.39 is 24.6 Å². The van der Waals surface area contributed by atoms with Gasteiger partial charge in [-0.05, 0) is 72.9 Å². The number of rotatable bonds is 10. The van der Waals surface area contributed by atoms with Crippen LogP contribution in [0.15, 0.2) is 79.0 Å². The summed E-state index contributed by atoms with van der Waals surface area (Å²) in [5, 5.41) is 15.8. The normalized spacial score (nSPS) is 22.3. The van der Waals surface area contributed by atoms with Crippen molar-refractivity contribution in [1.29, 1.82) is 0 Å². The van der Waals surface area contributed by atoms with Crippen LogP contribution in [-0.4, -0.2) is 92.0 Å². The second kappa shape index (κ2) is 15.0. The molecule has 3 aromatic carbocycles. The van der Waals surface area contributed by atoms with Gasteiger partial charge in [-0.1, -0.05) is 60.7 Å². The maximum atomic E-state index is 14.0. The molecule has 54 heavy (non-hydrogen) atoms. The standard InChI is InChI=1S/C40H44N8O6/c1-53-39(51)45-29-18-15-27-16-19-33(48(27)37(29)49)35-41-22-31(44-35)24-12-10-23(11-13-24)26-14-17-28-30(21-26)43-36(42-28)32-9-6-20-47(32)38(50)34(46-40(52)54-2)25-7-4-3-5-8-25/h3-5,7-8,10-14,17,21-22,27,29,32-34,40,46,52H,6,9,15-16,18-20H2,1-2H3,(H,41,44)(H,42,43)(H,45,51). The van der Waals surface area contributed by atoms with Crippen LogP contribution in [0.4, 0.5) is 4.79 Å². The molecule has 5 aromatic rings. The summed E-state index contributed by atoms with van der Waals surface area (Å²) in [7, 11) is 2.68. The Labute approximate surface area is 312 Å². The number of likely N-dealkylation sites (tertiary alicyclic amines) is 1. The van der Waals surface area contributed by atoms with Crippen LogP contribution in [0.25, 0.3) is 33.4 Å². The Morgan fingerprint density at radius 3 is 2.43 bits per heavy atom. The Balaban J connectivity index is 0.971. The number of ether oxygens (including phenoxy) is 2. The molecule has 0 radical (unpaired) electrons. The molecule has 6 atom stereocenters. The highest BCUT2D eigenvalue weighted by Gasteiger charge is 2.45. The molecule has 0 saturated carbocycles. The molecule has 8 rings (SSSR count). The van der Waals surface area contributed by atoms with Gasteiger partial charge in [-0.2, -0.15) is 0 Å². The number of nitrogens with one attached hydrogen (secondary N) is 4. The second-order valence-corrected chi connectivity index (χ2v) is 14.2. The molecule has 3 saturated heterocycles. The van der Waals surface area contributed by atoms with Gasteiger partial charge in [0.15, 0.2) is 0 Å². The van der Waals surface area contributed by atoms with Gasteiger partial charge in [0, 0.05) is 19.7 Å². The second-order valence-electron chi connectivity index (χ2n) is 14.2. The zero-order valence-corrected chi connectivity index (χ0v) is 30.2. The third-order valence-corrected chi connectivity index (χ3v) is 11.0. The fourth-order valence-electron chi connectivity index (χ4n) is 8.27. The minimum atomic E-state index is -1.30. The molecule has 0 aliphatic carbocycles. The van der Waals surface area contributed by atoms with E-state index in [2.05, 4.69) is 50.9 Å². The lowest BCUT2D eigenvalue weighted by molar-refractivity contribution is -0.143. The van der Waals surface area contributed by atoms with E-state index in [-0.39, 0.29) is 29.9 Å². The number of fused-ring (bicyclic) bond motifs is 2. The number of piperidine rings is 1. The van der Waals surface area contributed by atoms with Gasteiger partial charge >= 0.3 is 6.09 Å². The summed E-state index contributed by atoms with van der Waals surface area (Å²) in [5.74, 6) is 1.22. The quantitative estimate of drug-likeness (QED) is 0.122. The van der Waals surface area contributed by atoms with Crippen LogP contribution in [0, 0.1) is 0 Å². The van der Waals surface area contributed by atoms with E-state index in [9.17, 15) is 19.5 Å². The highest BCUT2D eigenvalue weighted by molar-refractivity contribution is 5.87. The molecule has 5 N–H and O–H groups in total. The van der Waals surface area contributed by atoms with Crippen molar-refractivity contribution in [2.75, 3.05) is 20.8 Å². The molecule has 3 fully saturated rings. The van der Waals surface area contributed by atoms with Crippen molar-refractivity contribution in [2.24, 2.45) is 0 Å². The van der Waals surface area contributed by atoms with Gasteiger partial charge < -0.3 is 39.7 Å². The number of H-pyrrole nitrogens is 2. The minimum absolute atomic E-state index is 0.0930. The molecule has 3 aliphatic heterocycles. The van der Waals surface area contributed by atoms with Crippen molar-refractivity contribution < 1.29 is 29.0 Å². The number of carbonyl (C=O) groups is 3. The number of hydrogen-bond acceptors (Lipinski definition) is 9. The smallest absolute Gasteiger partial charge is 0.407 e. The number of methoxy groups -OCH3 is 2. The first-order valence-electron chi connectivity index (χ1n) is 18.5. The van der Waals surface area contributed by atoms with Crippen LogP contribution in [0.2, 0.25) is 0 Å². The summed E-state index contributed by atoms with van der Waals surface area (Å²) in [6.07, 6.45) is 4.65. The molecule has 5 heterocycles. The summed E-state index contributed by atoms with van der Waals surface area (Å²) in [6, 6.07) is 22.0. The van der Waals surface area contributed by atoms with Gasteiger partial charge in [0.1, 0.15) is 23.7 Å². The van der Waals surface area contributed by atoms with E-state index in [4.69, 9.17) is 19.4 Å². The number of aromatic amines is 2. The highest BCUT2D eigenvalue weighted by atomic mass is 16.6. The highest BCUT2D eigenvalue weighted by Crippen LogP contribution is 2.41. The number of imidazole rings is 2. The number of aliphatic hydroxyl groups excluding tert-OH is 1. The number of alkyl carbamates (subject to hydrolysis) is 1. The fourth-order valence-corrected chi connectivity index (χ4v) is 8.27. The topological polar surface area (TPSA) is 178 Å². The van der Waals surface area contributed by atoms with Gasteiger partial charge in [0.05, 0.1) is 42.1 Å². The number of benzene rings is 3. The van der Waals surface area contributed by atoms with Crippen LogP contribution in [-0.2, 0) is 19.1 Å². The zero-order chi connectivity index (χ0) is 37.3. The first-order valence-corrected chi connectivity index (χ1v) is 18.5. The molecule has 14 nitrogen and oxygen atoms in total. The van der Waals surface area contributed by atoms with E-state index in [0.717, 1.165) is 82.7 Å². The van der Waals surface area contributed by atoms with Crippen molar-refractivity contribution in [3.8, 4) is 22.4 Å². The number of aliphatic hydroxyl groups is 1. The van der Waals surface area contributed by atoms with Crippen LogP contribution < -0.4 is 10.6 Å². The van der Waals surface area contributed by atoms with Crippen LogP contribution in [0.3, 0.4) is 0 Å². The lowest BCUT2D eigenvalue weighted by atomic mass is 9.98. The van der Waals surface area contributed by atoms with E-state index in [1.54, 1.807) is 0 Å². The van der Waals surface area contributed by atoms with E-state index in [1.165, 1.54) is 14.2 Å². The van der Waals surface area contributed by atoms with Gasteiger partial charge in [-0.15, -0.1) is 0 Å². The average Bonchev–Trinajstić information content (AvgIpc) is 4.03. The summed E-state index contributed by atoms with van der Waals surface area (Å²) >= 11 is 0. The average molecular weight is 733 g/mol. The van der Waals surface area contributed by atoms with Gasteiger partial charge in [0.25, 0.3) is 0 Å². The SMILES string of the molecule is COC(=O)NC1CCC2CCC(c3ncc(-c4ccc(-c5ccc6nc(C7CCCN7C(=O)C(NC(O)OC)c7ccccc7)[nH]c6c5)cc4)[nH]3)N2C1=O. The maximum Gasteiger partial charge on any atom is 0.407 e.